The van der Waals surface area contributed by atoms with E-state index in [0.29, 0.717) is 5.92 Å². The van der Waals surface area contributed by atoms with Crippen LogP contribution in [-0.2, 0) is 0 Å². The van der Waals surface area contributed by atoms with Gasteiger partial charge in [-0.25, -0.2) is 0 Å². The first kappa shape index (κ1) is 9.66. The van der Waals surface area contributed by atoms with E-state index < -0.39 is 0 Å². The van der Waals surface area contributed by atoms with Gasteiger partial charge < -0.3 is 0 Å². The molecular weight excluding hydrogens is 190 g/mol. The van der Waals surface area contributed by atoms with Gasteiger partial charge in [-0.1, -0.05) is 26.0 Å². The molecule has 0 spiro atoms. The second kappa shape index (κ2) is 4.09. The largest absolute Gasteiger partial charge is 0.200 e. The number of rotatable bonds is 3. The van der Waals surface area contributed by atoms with E-state index in [1.165, 1.54) is 28.5 Å². The van der Waals surface area contributed by atoms with Crippen molar-refractivity contribution in [2.75, 3.05) is 0 Å². The fourth-order valence-corrected chi connectivity index (χ4v) is 2.59. The lowest BCUT2D eigenvalue weighted by Gasteiger charge is -2.12. The Hall–Kier alpha value is -0.890. The molecule has 1 aromatic carbocycles. The molecule has 0 unspecified atom stereocenters. The van der Waals surface area contributed by atoms with Crippen molar-refractivity contribution in [2.45, 2.75) is 32.6 Å². The Morgan fingerprint density at radius 1 is 1.29 bits per heavy atom. The topological polar surface area (TPSA) is 12.9 Å². The van der Waals surface area contributed by atoms with Crippen molar-refractivity contribution in [3.05, 3.63) is 30.0 Å². The predicted octanol–water partition coefficient (Wildman–Crippen LogP) is 4.20. The molecule has 0 N–H and O–H groups in total. The molecule has 14 heavy (non-hydrogen) atoms. The number of benzene rings is 1. The van der Waals surface area contributed by atoms with Crippen molar-refractivity contribution in [1.29, 1.82) is 0 Å². The Morgan fingerprint density at radius 3 is 2.79 bits per heavy atom. The van der Waals surface area contributed by atoms with Crippen LogP contribution < -0.4 is 0 Å². The second-order valence-electron chi connectivity index (χ2n) is 3.64. The molecule has 0 aliphatic rings. The monoisotopic (exact) mass is 205 g/mol. The summed E-state index contributed by atoms with van der Waals surface area (Å²) in [5.41, 5.74) is 1.46. The summed E-state index contributed by atoms with van der Waals surface area (Å²) in [6.07, 6.45) is 4.39. The van der Waals surface area contributed by atoms with Crippen LogP contribution in [0, 0.1) is 0 Å². The summed E-state index contributed by atoms with van der Waals surface area (Å²) in [7, 11) is 0. The third-order valence-electron chi connectivity index (χ3n) is 2.84. The Labute approximate surface area is 88.9 Å². The molecule has 1 aromatic heterocycles. The highest BCUT2D eigenvalue weighted by Crippen LogP contribution is 2.27. The first-order valence-corrected chi connectivity index (χ1v) is 5.96. The molecule has 0 saturated carbocycles. The van der Waals surface area contributed by atoms with E-state index in [0.717, 1.165) is 0 Å². The van der Waals surface area contributed by atoms with E-state index in [1.54, 1.807) is 11.5 Å². The lowest BCUT2D eigenvalue weighted by molar-refractivity contribution is 0.643. The number of hydrogen-bond donors (Lipinski definition) is 0. The van der Waals surface area contributed by atoms with E-state index in [4.69, 9.17) is 0 Å². The molecule has 0 amide bonds. The fourth-order valence-electron chi connectivity index (χ4n) is 1.89. The highest BCUT2D eigenvalue weighted by molar-refractivity contribution is 7.13. The quantitative estimate of drug-likeness (QED) is 0.731. The third kappa shape index (κ3) is 1.67. The van der Waals surface area contributed by atoms with Crippen molar-refractivity contribution < 1.29 is 0 Å². The minimum Gasteiger partial charge on any atom is -0.200 e. The van der Waals surface area contributed by atoms with Gasteiger partial charge in [-0.3, -0.25) is 0 Å². The smallest absolute Gasteiger partial charge is 0.0552 e. The van der Waals surface area contributed by atoms with Crippen molar-refractivity contribution in [3.8, 4) is 0 Å². The molecule has 1 nitrogen and oxygen atoms in total. The zero-order chi connectivity index (χ0) is 9.97. The van der Waals surface area contributed by atoms with Crippen LogP contribution in [0.3, 0.4) is 0 Å². The maximum absolute atomic E-state index is 4.20. The maximum Gasteiger partial charge on any atom is 0.0552 e. The Morgan fingerprint density at radius 2 is 2.07 bits per heavy atom. The normalized spacial score (nSPS) is 11.4. The summed E-state index contributed by atoms with van der Waals surface area (Å²) in [4.78, 5) is 0. The second-order valence-corrected chi connectivity index (χ2v) is 4.47. The van der Waals surface area contributed by atoms with Gasteiger partial charge in [0.15, 0.2) is 0 Å². The van der Waals surface area contributed by atoms with Crippen LogP contribution in [0.2, 0.25) is 0 Å². The lowest BCUT2D eigenvalue weighted by atomic mass is 9.94. The van der Waals surface area contributed by atoms with Crippen LogP contribution in [0.1, 0.15) is 38.2 Å². The summed E-state index contributed by atoms with van der Waals surface area (Å²) < 4.78 is 5.51. The molecule has 2 heteroatoms. The van der Waals surface area contributed by atoms with Gasteiger partial charge in [0.2, 0.25) is 0 Å². The number of aromatic nitrogens is 1. The van der Waals surface area contributed by atoms with E-state index in [1.807, 2.05) is 6.20 Å². The van der Waals surface area contributed by atoms with Gasteiger partial charge >= 0.3 is 0 Å². The average Bonchev–Trinajstić information content (AvgIpc) is 2.66. The van der Waals surface area contributed by atoms with Crippen LogP contribution in [-0.4, -0.2) is 4.37 Å². The molecule has 2 rings (SSSR count). The lowest BCUT2D eigenvalue weighted by Crippen LogP contribution is -1.94. The summed E-state index contributed by atoms with van der Waals surface area (Å²) in [6, 6.07) is 6.73. The van der Waals surface area contributed by atoms with E-state index in [9.17, 15) is 0 Å². The van der Waals surface area contributed by atoms with Crippen molar-refractivity contribution in [1.82, 2.24) is 4.37 Å². The third-order valence-corrected chi connectivity index (χ3v) is 3.60. The highest BCUT2D eigenvalue weighted by Gasteiger charge is 2.07. The first-order chi connectivity index (χ1) is 6.85. The molecule has 0 saturated heterocycles. The maximum atomic E-state index is 4.20. The van der Waals surface area contributed by atoms with Crippen LogP contribution in [0.15, 0.2) is 24.4 Å². The average molecular weight is 205 g/mol. The summed E-state index contributed by atoms with van der Waals surface area (Å²) >= 11 is 1.59. The van der Waals surface area contributed by atoms with Crippen LogP contribution >= 0.6 is 11.5 Å². The number of nitrogens with zero attached hydrogens (tertiary/aromatic N) is 1. The van der Waals surface area contributed by atoms with Crippen LogP contribution in [0.5, 0.6) is 0 Å². The van der Waals surface area contributed by atoms with E-state index in [2.05, 4.69) is 36.4 Å². The van der Waals surface area contributed by atoms with Gasteiger partial charge in [-0.2, -0.15) is 4.37 Å². The van der Waals surface area contributed by atoms with E-state index >= 15 is 0 Å². The van der Waals surface area contributed by atoms with Crippen molar-refractivity contribution in [3.63, 3.8) is 0 Å². The SMILES string of the molecule is CCC(CC)c1ccc2cnsc2c1. The molecule has 0 radical (unpaired) electrons. The highest BCUT2D eigenvalue weighted by atomic mass is 32.1. The minimum atomic E-state index is 0.710. The fraction of sp³-hybridized carbons (Fsp3) is 0.417. The molecular formula is C12H15NS. The van der Waals surface area contributed by atoms with Gasteiger partial charge in [-0.15, -0.1) is 0 Å². The summed E-state index contributed by atoms with van der Waals surface area (Å²) in [5, 5.41) is 1.27. The Balaban J connectivity index is 2.42. The molecule has 0 fully saturated rings. The first-order valence-electron chi connectivity index (χ1n) is 5.19. The summed E-state index contributed by atoms with van der Waals surface area (Å²) in [6.45, 7) is 4.51. The van der Waals surface area contributed by atoms with Crippen LogP contribution in [0.4, 0.5) is 0 Å². The van der Waals surface area contributed by atoms with Crippen molar-refractivity contribution >= 4 is 21.6 Å². The van der Waals surface area contributed by atoms with E-state index in [-0.39, 0.29) is 0 Å². The molecule has 74 valence electrons. The predicted molar refractivity (Wildman–Crippen MR) is 62.9 cm³/mol. The van der Waals surface area contributed by atoms with Gasteiger partial charge in [0.25, 0.3) is 0 Å². The van der Waals surface area contributed by atoms with Crippen molar-refractivity contribution in [2.24, 2.45) is 0 Å². The molecule has 0 bridgehead atoms. The van der Waals surface area contributed by atoms with Gasteiger partial charge in [0.1, 0.15) is 0 Å². The molecule has 0 aliphatic heterocycles. The zero-order valence-electron chi connectivity index (χ0n) is 8.66. The van der Waals surface area contributed by atoms with Gasteiger partial charge in [0, 0.05) is 11.6 Å². The van der Waals surface area contributed by atoms with Gasteiger partial charge in [0.05, 0.1) is 4.70 Å². The van der Waals surface area contributed by atoms with Gasteiger partial charge in [-0.05, 0) is 41.9 Å². The molecule has 2 aromatic rings. The summed E-state index contributed by atoms with van der Waals surface area (Å²) in [5.74, 6) is 0.710. The molecule has 1 heterocycles. The Bertz CT molecular complexity index is 415. The zero-order valence-corrected chi connectivity index (χ0v) is 9.47. The molecule has 0 aliphatic carbocycles. The standard InChI is InChI=1S/C12H15NS/c1-3-9(4-2)10-5-6-11-8-13-14-12(11)7-10/h5-9H,3-4H2,1-2H3. The minimum absolute atomic E-state index is 0.710. The number of fused-ring (bicyclic) bond motifs is 1. The number of hydrogen-bond acceptors (Lipinski definition) is 2. The van der Waals surface area contributed by atoms with Crippen LogP contribution in [0.25, 0.3) is 10.1 Å². The molecule has 0 atom stereocenters. The Kier molecular flexibility index (Phi) is 2.82.